The van der Waals surface area contributed by atoms with Gasteiger partial charge in [0.25, 0.3) is 0 Å². The number of hydrogen-bond acceptors (Lipinski definition) is 6. The molecule has 29 heavy (non-hydrogen) atoms. The summed E-state index contributed by atoms with van der Waals surface area (Å²) in [6, 6.07) is 6.77. The highest BCUT2D eigenvalue weighted by molar-refractivity contribution is 5.90. The molecule has 0 aromatic heterocycles. The van der Waals surface area contributed by atoms with E-state index in [4.69, 9.17) is 9.47 Å². The highest BCUT2D eigenvalue weighted by Gasteiger charge is 2.43. The first-order chi connectivity index (χ1) is 13.6. The Kier molecular flexibility index (Phi) is 7.58. The molecule has 1 aromatic carbocycles. The summed E-state index contributed by atoms with van der Waals surface area (Å²) < 4.78 is 10.8. The fraction of sp³-hybridized carbons (Fsp3) is 0.550. The van der Waals surface area contributed by atoms with Crippen molar-refractivity contribution in [1.82, 2.24) is 10.2 Å². The van der Waals surface area contributed by atoms with Gasteiger partial charge in [-0.3, -0.25) is 4.79 Å². The number of nitrogens with zero attached hydrogens (tertiary/aromatic N) is 1. The van der Waals surface area contributed by atoms with Gasteiger partial charge in [0.15, 0.2) is 6.04 Å². The quantitative estimate of drug-likeness (QED) is 0.618. The maximum atomic E-state index is 13.0. The molecule has 2 amide bonds. The second kappa shape index (κ2) is 9.71. The number of carbonyl (C=O) groups is 3. The van der Waals surface area contributed by atoms with Crippen LogP contribution in [0.5, 0.6) is 0 Å². The van der Waals surface area contributed by atoms with Gasteiger partial charge < -0.3 is 29.9 Å². The number of amides is 2. The molecule has 0 saturated carbocycles. The van der Waals surface area contributed by atoms with E-state index in [-0.39, 0.29) is 26.2 Å². The summed E-state index contributed by atoms with van der Waals surface area (Å²) in [5, 5.41) is 21.7. The minimum absolute atomic E-state index is 0.0716. The number of nitrogens with one attached hydrogen (secondary N) is 1. The van der Waals surface area contributed by atoms with Crippen LogP contribution in [0.1, 0.15) is 32.8 Å². The molecule has 0 aliphatic carbocycles. The zero-order chi connectivity index (χ0) is 21.6. The van der Waals surface area contributed by atoms with Crippen molar-refractivity contribution >= 4 is 18.0 Å². The average molecular weight is 408 g/mol. The van der Waals surface area contributed by atoms with Crippen molar-refractivity contribution in [2.75, 3.05) is 13.2 Å². The van der Waals surface area contributed by atoms with Crippen LogP contribution in [0.15, 0.2) is 30.3 Å². The van der Waals surface area contributed by atoms with Crippen molar-refractivity contribution in [3.63, 3.8) is 0 Å². The summed E-state index contributed by atoms with van der Waals surface area (Å²) in [7, 11) is 0. The zero-order valence-corrected chi connectivity index (χ0v) is 16.8. The van der Waals surface area contributed by atoms with Crippen molar-refractivity contribution < 1.29 is 34.1 Å². The molecule has 9 nitrogen and oxygen atoms in total. The molecule has 9 heteroatoms. The summed E-state index contributed by atoms with van der Waals surface area (Å²) in [5.41, 5.74) is 0.117. The molecule has 0 unspecified atom stereocenters. The summed E-state index contributed by atoms with van der Waals surface area (Å²) in [4.78, 5) is 37.6. The first-order valence-electron chi connectivity index (χ1n) is 9.41. The molecular formula is C20H28N2O7. The minimum atomic E-state index is -1.36. The van der Waals surface area contributed by atoms with Crippen molar-refractivity contribution in [1.29, 1.82) is 0 Å². The third-order valence-electron chi connectivity index (χ3n) is 4.29. The molecule has 0 spiro atoms. The van der Waals surface area contributed by atoms with E-state index < -0.39 is 41.8 Å². The molecule has 1 aliphatic rings. The SMILES string of the molecule is CC(C)(C)OC(=O)N[C@H](COCc1ccccc1)C(=O)N1CC[C@H](O)[C@H]1C(=O)O. The van der Waals surface area contributed by atoms with Gasteiger partial charge in [0, 0.05) is 6.54 Å². The number of aliphatic hydroxyl groups excluding tert-OH is 1. The van der Waals surface area contributed by atoms with Gasteiger partial charge in [-0.1, -0.05) is 30.3 Å². The molecule has 0 radical (unpaired) electrons. The number of likely N-dealkylation sites (tertiary alicyclic amines) is 1. The van der Waals surface area contributed by atoms with Crippen molar-refractivity contribution in [3.05, 3.63) is 35.9 Å². The second-order valence-electron chi connectivity index (χ2n) is 7.87. The van der Waals surface area contributed by atoms with E-state index in [0.717, 1.165) is 10.5 Å². The van der Waals surface area contributed by atoms with Gasteiger partial charge in [0.1, 0.15) is 11.6 Å². The van der Waals surface area contributed by atoms with E-state index in [1.54, 1.807) is 20.8 Å². The number of benzene rings is 1. The lowest BCUT2D eigenvalue weighted by Crippen LogP contribution is -2.55. The lowest BCUT2D eigenvalue weighted by atomic mass is 10.1. The molecule has 160 valence electrons. The van der Waals surface area contributed by atoms with Crippen molar-refractivity contribution in [2.45, 2.75) is 57.6 Å². The lowest BCUT2D eigenvalue weighted by molar-refractivity contribution is -0.152. The lowest BCUT2D eigenvalue weighted by Gasteiger charge is -2.28. The molecule has 3 atom stereocenters. The van der Waals surface area contributed by atoms with Crippen LogP contribution in [0.2, 0.25) is 0 Å². The maximum absolute atomic E-state index is 13.0. The Balaban J connectivity index is 2.09. The Morgan fingerprint density at radius 1 is 1.24 bits per heavy atom. The number of rotatable bonds is 7. The van der Waals surface area contributed by atoms with Crippen LogP contribution in [0.4, 0.5) is 4.79 Å². The molecule has 1 heterocycles. The Labute approximate surface area is 169 Å². The molecule has 3 N–H and O–H groups in total. The van der Waals surface area contributed by atoms with Crippen LogP contribution >= 0.6 is 0 Å². The Morgan fingerprint density at radius 3 is 2.48 bits per heavy atom. The van der Waals surface area contributed by atoms with Gasteiger partial charge in [0.2, 0.25) is 5.91 Å². The van der Waals surface area contributed by atoms with Crippen LogP contribution in [-0.4, -0.2) is 70.0 Å². The van der Waals surface area contributed by atoms with E-state index in [1.807, 2.05) is 30.3 Å². The number of carboxylic acids is 1. The van der Waals surface area contributed by atoms with Crippen LogP contribution < -0.4 is 5.32 Å². The highest BCUT2D eigenvalue weighted by atomic mass is 16.6. The largest absolute Gasteiger partial charge is 0.480 e. The van der Waals surface area contributed by atoms with E-state index in [0.29, 0.717) is 0 Å². The molecular weight excluding hydrogens is 380 g/mol. The fourth-order valence-electron chi connectivity index (χ4n) is 3.01. The van der Waals surface area contributed by atoms with Gasteiger partial charge >= 0.3 is 12.1 Å². The molecule has 1 aromatic rings. The molecule has 1 saturated heterocycles. The number of alkyl carbamates (subject to hydrolysis) is 1. The van der Waals surface area contributed by atoms with Gasteiger partial charge in [-0.25, -0.2) is 9.59 Å². The summed E-state index contributed by atoms with van der Waals surface area (Å²) >= 11 is 0. The average Bonchev–Trinajstić information content (AvgIpc) is 3.01. The zero-order valence-electron chi connectivity index (χ0n) is 16.8. The molecule has 1 aliphatic heterocycles. The van der Waals surface area contributed by atoms with Crippen LogP contribution in [0, 0.1) is 0 Å². The minimum Gasteiger partial charge on any atom is -0.480 e. The fourth-order valence-corrected chi connectivity index (χ4v) is 3.01. The van der Waals surface area contributed by atoms with E-state index >= 15 is 0 Å². The monoisotopic (exact) mass is 408 g/mol. The number of carbonyl (C=O) groups excluding carboxylic acids is 2. The standard InChI is InChI=1S/C20H28N2O7/c1-20(2,3)29-19(27)21-14(12-28-11-13-7-5-4-6-8-13)17(24)22-10-9-15(23)16(22)18(25)26/h4-8,14-16,23H,9-12H2,1-3H3,(H,21,27)(H,25,26)/t14-,15+,16+/m1/s1. The van der Waals surface area contributed by atoms with E-state index in [9.17, 15) is 24.6 Å². The first-order valence-corrected chi connectivity index (χ1v) is 9.41. The third-order valence-corrected chi connectivity index (χ3v) is 4.29. The summed E-state index contributed by atoms with van der Waals surface area (Å²) in [5.74, 6) is -1.95. The third kappa shape index (κ3) is 6.72. The predicted molar refractivity (Wildman–Crippen MR) is 103 cm³/mol. The molecule has 1 fully saturated rings. The normalized spacial score (nSPS) is 20.2. The molecule has 2 rings (SSSR count). The van der Waals surface area contributed by atoms with Crippen molar-refractivity contribution in [2.24, 2.45) is 0 Å². The number of carboxylic acid groups (broad SMARTS) is 1. The topological polar surface area (TPSA) is 125 Å². The maximum Gasteiger partial charge on any atom is 0.408 e. The number of hydrogen-bond donors (Lipinski definition) is 3. The van der Waals surface area contributed by atoms with Gasteiger partial charge in [-0.15, -0.1) is 0 Å². The Morgan fingerprint density at radius 2 is 1.90 bits per heavy atom. The predicted octanol–water partition coefficient (Wildman–Crippen LogP) is 1.14. The van der Waals surface area contributed by atoms with Crippen LogP contribution in [0.25, 0.3) is 0 Å². The second-order valence-corrected chi connectivity index (χ2v) is 7.87. The summed E-state index contributed by atoms with van der Waals surface area (Å²) in [6.45, 7) is 5.17. The highest BCUT2D eigenvalue weighted by Crippen LogP contribution is 2.20. The van der Waals surface area contributed by atoms with Crippen molar-refractivity contribution in [3.8, 4) is 0 Å². The van der Waals surface area contributed by atoms with Gasteiger partial charge in [0.05, 0.1) is 19.3 Å². The van der Waals surface area contributed by atoms with E-state index in [1.165, 1.54) is 0 Å². The smallest absolute Gasteiger partial charge is 0.408 e. The van der Waals surface area contributed by atoms with Gasteiger partial charge in [-0.05, 0) is 32.8 Å². The van der Waals surface area contributed by atoms with Crippen LogP contribution in [-0.2, 0) is 25.7 Å². The Hall–Kier alpha value is -2.65. The number of aliphatic hydroxyl groups is 1. The van der Waals surface area contributed by atoms with Gasteiger partial charge in [-0.2, -0.15) is 0 Å². The first kappa shape index (κ1) is 22.6. The van der Waals surface area contributed by atoms with Crippen LogP contribution in [0.3, 0.4) is 0 Å². The molecule has 0 bridgehead atoms. The number of aliphatic carboxylic acids is 1. The Bertz CT molecular complexity index is 717. The summed E-state index contributed by atoms with van der Waals surface area (Å²) in [6.07, 6.45) is -1.83. The number of ether oxygens (including phenoxy) is 2. The van der Waals surface area contributed by atoms with E-state index in [2.05, 4.69) is 5.32 Å².